The van der Waals surface area contributed by atoms with Crippen LogP contribution in [0.4, 0.5) is 5.69 Å². The number of phenols is 1. The summed E-state index contributed by atoms with van der Waals surface area (Å²) in [7, 11) is 0. The Hall–Kier alpha value is -2.85. The molecule has 1 heterocycles. The van der Waals surface area contributed by atoms with E-state index in [0.717, 1.165) is 16.2 Å². The first-order valence-corrected chi connectivity index (χ1v) is 10.3. The lowest BCUT2D eigenvalue weighted by molar-refractivity contribution is -0.113. The Morgan fingerprint density at radius 1 is 1.24 bits per heavy atom. The second kappa shape index (κ2) is 9.57. The summed E-state index contributed by atoms with van der Waals surface area (Å²) in [6.45, 7) is 2.04. The molecule has 0 fully saturated rings. The summed E-state index contributed by atoms with van der Waals surface area (Å²) in [5.41, 5.74) is 1.49. The van der Waals surface area contributed by atoms with E-state index in [1.807, 2.05) is 0 Å². The maximum absolute atomic E-state index is 12.1. The maximum Gasteiger partial charge on any atom is 0.338 e. The molecule has 0 bridgehead atoms. The number of benzene rings is 2. The molecule has 1 aromatic heterocycles. The van der Waals surface area contributed by atoms with Crippen molar-refractivity contribution in [2.75, 3.05) is 17.7 Å². The predicted octanol–water partition coefficient (Wildman–Crippen LogP) is 3.85. The summed E-state index contributed by atoms with van der Waals surface area (Å²) < 4.78 is 5.72. The van der Waals surface area contributed by atoms with Crippen molar-refractivity contribution in [2.45, 2.75) is 12.1 Å². The molecule has 2 aromatic carbocycles. The molecule has 0 aliphatic carbocycles. The third-order valence-electron chi connectivity index (χ3n) is 3.69. The van der Waals surface area contributed by atoms with Crippen molar-refractivity contribution in [2.24, 2.45) is 0 Å². The van der Waals surface area contributed by atoms with E-state index >= 15 is 0 Å². The highest BCUT2D eigenvalue weighted by Gasteiger charge is 2.13. The minimum atomic E-state index is -0.405. The number of nitrogens with zero attached hydrogens (tertiary/aromatic N) is 2. The topological polar surface area (TPSA) is 117 Å². The smallest absolute Gasteiger partial charge is 0.338 e. The molecule has 3 rings (SSSR count). The van der Waals surface area contributed by atoms with Gasteiger partial charge in [0.2, 0.25) is 11.1 Å². The van der Waals surface area contributed by atoms with Gasteiger partial charge in [-0.25, -0.2) is 9.78 Å². The first-order valence-electron chi connectivity index (χ1n) is 8.57. The molecule has 10 heteroatoms. The van der Waals surface area contributed by atoms with Crippen LogP contribution in [-0.2, 0) is 9.53 Å². The van der Waals surface area contributed by atoms with Gasteiger partial charge in [-0.2, -0.15) is 0 Å². The van der Waals surface area contributed by atoms with Crippen LogP contribution in [-0.4, -0.2) is 44.5 Å². The van der Waals surface area contributed by atoms with Crippen LogP contribution in [0.25, 0.3) is 11.4 Å². The van der Waals surface area contributed by atoms with Gasteiger partial charge in [-0.3, -0.25) is 9.89 Å². The molecule has 3 aromatic rings. The third kappa shape index (κ3) is 5.58. The van der Waals surface area contributed by atoms with Gasteiger partial charge >= 0.3 is 5.97 Å². The van der Waals surface area contributed by atoms with E-state index in [0.29, 0.717) is 34.4 Å². The number of carbonyl (C=O) groups is 2. The zero-order valence-corrected chi connectivity index (χ0v) is 17.7. The van der Waals surface area contributed by atoms with Gasteiger partial charge in [0.25, 0.3) is 0 Å². The molecule has 0 radical (unpaired) electrons. The number of esters is 1. The zero-order chi connectivity index (χ0) is 20.8. The number of amides is 1. The van der Waals surface area contributed by atoms with Crippen molar-refractivity contribution in [1.29, 1.82) is 0 Å². The van der Waals surface area contributed by atoms with Crippen molar-refractivity contribution in [1.82, 2.24) is 15.2 Å². The Morgan fingerprint density at radius 2 is 2.00 bits per heavy atom. The van der Waals surface area contributed by atoms with E-state index in [1.165, 1.54) is 0 Å². The molecule has 0 saturated carbocycles. The van der Waals surface area contributed by atoms with E-state index in [1.54, 1.807) is 49.4 Å². The van der Waals surface area contributed by atoms with Crippen LogP contribution in [0, 0.1) is 0 Å². The number of anilines is 1. The first kappa shape index (κ1) is 20.9. The van der Waals surface area contributed by atoms with Crippen molar-refractivity contribution >= 4 is 45.3 Å². The van der Waals surface area contributed by atoms with E-state index < -0.39 is 5.97 Å². The number of ether oxygens (including phenoxy) is 1. The number of phenolic OH excluding ortho intramolecular Hbond substituents is 1. The number of nitrogens with one attached hydrogen (secondary N) is 2. The summed E-state index contributed by atoms with van der Waals surface area (Å²) in [5.74, 6) is -0.0685. The number of aromatic amines is 1. The van der Waals surface area contributed by atoms with Crippen molar-refractivity contribution in [3.8, 4) is 17.1 Å². The van der Waals surface area contributed by atoms with Gasteiger partial charge in [0.1, 0.15) is 5.75 Å². The number of aromatic nitrogens is 3. The van der Waals surface area contributed by atoms with Gasteiger partial charge in [0, 0.05) is 10.2 Å². The summed E-state index contributed by atoms with van der Waals surface area (Å²) in [4.78, 5) is 28.1. The van der Waals surface area contributed by atoms with E-state index in [9.17, 15) is 14.7 Å². The highest BCUT2D eigenvalue weighted by molar-refractivity contribution is 9.10. The average Bonchev–Trinajstić information content (AvgIpc) is 3.18. The number of hydrogen-bond donors (Lipinski definition) is 3. The lowest BCUT2D eigenvalue weighted by Gasteiger charge is -2.06. The van der Waals surface area contributed by atoms with Gasteiger partial charge in [-0.15, -0.1) is 5.10 Å². The Labute approximate surface area is 179 Å². The van der Waals surface area contributed by atoms with Gasteiger partial charge < -0.3 is 15.2 Å². The lowest BCUT2D eigenvalue weighted by Crippen LogP contribution is -2.14. The van der Waals surface area contributed by atoms with Gasteiger partial charge in [-0.1, -0.05) is 27.7 Å². The molecule has 0 unspecified atom stereocenters. The monoisotopic (exact) mass is 476 g/mol. The highest BCUT2D eigenvalue weighted by atomic mass is 79.9. The standard InChI is InChI=1S/C19H17BrN4O4S/c1-2-28-18(27)11-3-6-13(7-4-11)21-16(26)10-29-19-22-17(23-24-19)14-9-12(20)5-8-15(14)25/h3-9,25H,2,10H2,1H3,(H,21,26)(H,22,23,24). The number of hydrogen-bond acceptors (Lipinski definition) is 7. The molecule has 0 atom stereocenters. The number of H-pyrrole nitrogens is 1. The number of rotatable bonds is 7. The molecular formula is C19H17BrN4O4S. The second-order valence-electron chi connectivity index (χ2n) is 5.76. The molecule has 0 saturated heterocycles. The fourth-order valence-electron chi connectivity index (χ4n) is 2.36. The molecule has 3 N–H and O–H groups in total. The second-order valence-corrected chi connectivity index (χ2v) is 7.62. The Morgan fingerprint density at radius 3 is 2.72 bits per heavy atom. The normalized spacial score (nSPS) is 10.6. The lowest BCUT2D eigenvalue weighted by atomic mass is 10.2. The average molecular weight is 477 g/mol. The van der Waals surface area contributed by atoms with Crippen molar-refractivity contribution in [3.63, 3.8) is 0 Å². The molecule has 1 amide bonds. The van der Waals surface area contributed by atoms with Crippen molar-refractivity contribution in [3.05, 3.63) is 52.5 Å². The SMILES string of the molecule is CCOC(=O)c1ccc(NC(=O)CSc2n[nH]c(-c3cc(Br)ccc3O)n2)cc1. The summed E-state index contributed by atoms with van der Waals surface area (Å²) in [6, 6.07) is 11.4. The molecule has 0 aliphatic heterocycles. The minimum Gasteiger partial charge on any atom is -0.507 e. The summed E-state index contributed by atoms with van der Waals surface area (Å²) >= 11 is 4.50. The largest absolute Gasteiger partial charge is 0.507 e. The van der Waals surface area contributed by atoms with Gasteiger partial charge in [0.15, 0.2) is 5.82 Å². The highest BCUT2D eigenvalue weighted by Crippen LogP contribution is 2.30. The van der Waals surface area contributed by atoms with Crippen molar-refractivity contribution < 1.29 is 19.4 Å². The molecular weight excluding hydrogens is 460 g/mol. The van der Waals surface area contributed by atoms with Crippen LogP contribution in [0.15, 0.2) is 52.1 Å². The summed E-state index contributed by atoms with van der Waals surface area (Å²) in [6.07, 6.45) is 0. The number of aromatic hydroxyl groups is 1. The van der Waals surface area contributed by atoms with Crippen LogP contribution in [0.5, 0.6) is 5.75 Å². The van der Waals surface area contributed by atoms with E-state index in [2.05, 4.69) is 36.4 Å². The fraction of sp³-hybridized carbons (Fsp3) is 0.158. The number of carbonyl (C=O) groups excluding carboxylic acids is 2. The van der Waals surface area contributed by atoms with Crippen LogP contribution in [0.3, 0.4) is 0 Å². The van der Waals surface area contributed by atoms with E-state index in [-0.39, 0.29) is 17.4 Å². The number of halogens is 1. The maximum atomic E-state index is 12.1. The predicted molar refractivity (Wildman–Crippen MR) is 113 cm³/mol. The Bertz CT molecular complexity index is 1020. The molecule has 29 heavy (non-hydrogen) atoms. The number of thioether (sulfide) groups is 1. The van der Waals surface area contributed by atoms with Gasteiger partial charge in [0.05, 0.1) is 23.5 Å². The molecule has 150 valence electrons. The van der Waals surface area contributed by atoms with E-state index in [4.69, 9.17) is 4.74 Å². The van der Waals surface area contributed by atoms with Crippen LogP contribution in [0.2, 0.25) is 0 Å². The fourth-order valence-corrected chi connectivity index (χ4v) is 3.32. The van der Waals surface area contributed by atoms with Crippen LogP contribution in [0.1, 0.15) is 17.3 Å². The molecule has 0 spiro atoms. The van der Waals surface area contributed by atoms with Gasteiger partial charge in [-0.05, 0) is 49.4 Å². The minimum absolute atomic E-state index is 0.0740. The quantitative estimate of drug-likeness (QED) is 0.350. The zero-order valence-electron chi connectivity index (χ0n) is 15.3. The molecule has 8 nitrogen and oxygen atoms in total. The summed E-state index contributed by atoms with van der Waals surface area (Å²) in [5, 5.41) is 19.9. The first-order chi connectivity index (χ1) is 14.0. The Kier molecular flexibility index (Phi) is 6.89. The van der Waals surface area contributed by atoms with Crippen LogP contribution < -0.4 is 5.32 Å². The molecule has 0 aliphatic rings. The third-order valence-corrected chi connectivity index (χ3v) is 5.03. The van der Waals surface area contributed by atoms with Crippen LogP contribution >= 0.6 is 27.7 Å². The Balaban J connectivity index is 1.55.